The molecule has 0 saturated heterocycles. The Morgan fingerprint density at radius 2 is 2.23 bits per heavy atom. The number of hydrogen-bond acceptors (Lipinski definition) is 7. The molecule has 2 heterocycles. The van der Waals surface area contributed by atoms with Gasteiger partial charge in [-0.15, -0.1) is 0 Å². The molecular weight excluding hydrogens is 416 g/mol. The average Bonchev–Trinajstić information content (AvgIpc) is 3.14. The maximum Gasteiger partial charge on any atom is 0.239 e. The van der Waals surface area contributed by atoms with Gasteiger partial charge in [0.05, 0.1) is 28.1 Å². The maximum absolute atomic E-state index is 12.7. The van der Waals surface area contributed by atoms with Crippen LogP contribution in [0.1, 0.15) is 37.1 Å². The molecule has 2 atom stereocenters. The number of nitrogens with zero attached hydrogens (tertiary/aromatic N) is 3. The van der Waals surface area contributed by atoms with Crippen molar-refractivity contribution in [2.45, 2.75) is 43.4 Å². The normalized spacial score (nSPS) is 16.5. The zero-order valence-electron chi connectivity index (χ0n) is 17.1. The first-order valence-electron chi connectivity index (χ1n) is 9.81. The van der Waals surface area contributed by atoms with Gasteiger partial charge < -0.3 is 10.1 Å². The number of nitriles is 1. The van der Waals surface area contributed by atoms with Crippen LogP contribution in [0.25, 0.3) is 10.2 Å². The van der Waals surface area contributed by atoms with Crippen LogP contribution in [0.15, 0.2) is 29.3 Å². The number of thioether (sulfide) groups is 1. The van der Waals surface area contributed by atoms with Gasteiger partial charge in [0.15, 0.2) is 5.13 Å². The summed E-state index contributed by atoms with van der Waals surface area (Å²) in [6.07, 6.45) is 2.99. The summed E-state index contributed by atoms with van der Waals surface area (Å²) in [6, 6.07) is 9.81. The Hall–Kier alpha value is -2.63. The first-order chi connectivity index (χ1) is 14.5. The number of anilines is 1. The maximum atomic E-state index is 12.7. The number of fused-ring (bicyclic) bond motifs is 2. The minimum Gasteiger partial charge on any atom is -0.497 e. The second-order valence-electron chi connectivity index (χ2n) is 7.51. The summed E-state index contributed by atoms with van der Waals surface area (Å²) in [7, 11) is 1.62. The number of ether oxygens (including phenoxy) is 1. The SMILES string of the molecule is COc1ccc2nc(NC(=O)C(C)Sc3nc4c(cc3C#N)CC(C)CC4)sc2c1. The molecule has 6 nitrogen and oxygen atoms in total. The first kappa shape index (κ1) is 20.6. The lowest BCUT2D eigenvalue weighted by Gasteiger charge is -2.22. The number of carbonyl (C=O) groups is 1. The fourth-order valence-corrected chi connectivity index (χ4v) is 5.30. The minimum absolute atomic E-state index is 0.164. The number of benzene rings is 1. The Morgan fingerprint density at radius 3 is 3.00 bits per heavy atom. The molecule has 30 heavy (non-hydrogen) atoms. The van der Waals surface area contributed by atoms with Crippen LogP contribution < -0.4 is 10.1 Å². The predicted molar refractivity (Wildman–Crippen MR) is 120 cm³/mol. The van der Waals surface area contributed by atoms with Gasteiger partial charge in [-0.05, 0) is 61.9 Å². The molecule has 0 fully saturated rings. The minimum atomic E-state index is -0.410. The van der Waals surface area contributed by atoms with Crippen LogP contribution in [-0.4, -0.2) is 28.2 Å². The van der Waals surface area contributed by atoms with E-state index in [4.69, 9.17) is 9.72 Å². The molecule has 1 N–H and O–H groups in total. The Kier molecular flexibility index (Phi) is 5.93. The van der Waals surface area contributed by atoms with Crippen molar-refractivity contribution in [3.05, 3.63) is 41.1 Å². The molecule has 1 aliphatic carbocycles. The van der Waals surface area contributed by atoms with E-state index in [1.54, 1.807) is 7.11 Å². The molecule has 2 unspecified atom stereocenters. The Labute approximate surface area is 183 Å². The number of aromatic nitrogens is 2. The lowest BCUT2D eigenvalue weighted by atomic mass is 9.87. The highest BCUT2D eigenvalue weighted by molar-refractivity contribution is 8.00. The van der Waals surface area contributed by atoms with E-state index < -0.39 is 5.25 Å². The van der Waals surface area contributed by atoms with Crippen molar-refractivity contribution in [2.75, 3.05) is 12.4 Å². The van der Waals surface area contributed by atoms with Gasteiger partial charge in [0.1, 0.15) is 16.8 Å². The third-order valence-corrected chi connectivity index (χ3v) is 7.24. The standard InChI is InChI=1S/C22H22N4O2S2/c1-12-4-6-17-14(8-12)9-15(11-23)21(24-17)29-13(2)20(27)26-22-25-18-7-5-16(28-3)10-19(18)30-22/h5,7,9-10,12-13H,4,6,8H2,1-3H3,(H,25,26,27). The molecule has 3 aromatic rings. The molecule has 1 amide bonds. The molecular formula is C22H22N4O2S2. The number of nitrogens with one attached hydrogen (secondary N) is 1. The van der Waals surface area contributed by atoms with Crippen molar-refractivity contribution >= 4 is 44.4 Å². The van der Waals surface area contributed by atoms with Crippen LogP contribution in [0.2, 0.25) is 0 Å². The number of pyridine rings is 1. The van der Waals surface area contributed by atoms with Gasteiger partial charge in [0.25, 0.3) is 0 Å². The predicted octanol–water partition coefficient (Wildman–Crippen LogP) is 4.82. The van der Waals surface area contributed by atoms with E-state index >= 15 is 0 Å². The van der Waals surface area contributed by atoms with E-state index in [2.05, 4.69) is 23.3 Å². The van der Waals surface area contributed by atoms with Gasteiger partial charge in [-0.1, -0.05) is 30.0 Å². The van der Waals surface area contributed by atoms with Gasteiger partial charge in [0.2, 0.25) is 5.91 Å². The van der Waals surface area contributed by atoms with E-state index in [-0.39, 0.29) is 5.91 Å². The van der Waals surface area contributed by atoms with Crippen molar-refractivity contribution < 1.29 is 9.53 Å². The number of thiazole rings is 1. The van der Waals surface area contributed by atoms with E-state index in [1.807, 2.05) is 31.2 Å². The van der Waals surface area contributed by atoms with E-state index in [0.29, 0.717) is 21.6 Å². The summed E-state index contributed by atoms with van der Waals surface area (Å²) in [6.45, 7) is 4.04. The smallest absolute Gasteiger partial charge is 0.239 e. The van der Waals surface area contributed by atoms with Crippen LogP contribution in [0.3, 0.4) is 0 Å². The summed E-state index contributed by atoms with van der Waals surface area (Å²) < 4.78 is 6.19. The largest absolute Gasteiger partial charge is 0.497 e. The Bertz CT molecular complexity index is 1150. The molecule has 0 bridgehead atoms. The number of hydrogen-bond donors (Lipinski definition) is 1. The highest BCUT2D eigenvalue weighted by atomic mass is 32.2. The Morgan fingerprint density at radius 1 is 1.40 bits per heavy atom. The van der Waals surface area contributed by atoms with E-state index in [1.165, 1.54) is 23.1 Å². The van der Waals surface area contributed by atoms with Crippen molar-refractivity contribution in [3.8, 4) is 11.8 Å². The van der Waals surface area contributed by atoms with Gasteiger partial charge >= 0.3 is 0 Å². The second-order valence-corrected chi connectivity index (χ2v) is 9.87. The van der Waals surface area contributed by atoms with Gasteiger partial charge in [-0.25, -0.2) is 9.97 Å². The third kappa shape index (κ3) is 4.27. The number of carbonyl (C=O) groups excluding carboxylic acids is 1. The third-order valence-electron chi connectivity index (χ3n) is 5.20. The monoisotopic (exact) mass is 438 g/mol. The van der Waals surface area contributed by atoms with Crippen LogP contribution in [0.4, 0.5) is 5.13 Å². The fraction of sp³-hybridized carbons (Fsp3) is 0.364. The first-order valence-corrected chi connectivity index (χ1v) is 11.5. The molecule has 0 saturated carbocycles. The summed E-state index contributed by atoms with van der Waals surface area (Å²) in [4.78, 5) is 22.0. The molecule has 4 rings (SSSR count). The molecule has 8 heteroatoms. The fourth-order valence-electron chi connectivity index (χ4n) is 3.51. The lowest BCUT2D eigenvalue weighted by molar-refractivity contribution is -0.115. The highest BCUT2D eigenvalue weighted by Crippen LogP contribution is 2.33. The zero-order valence-corrected chi connectivity index (χ0v) is 18.7. The van der Waals surface area contributed by atoms with Gasteiger partial charge in [-0.3, -0.25) is 4.79 Å². The quantitative estimate of drug-likeness (QED) is 0.575. The van der Waals surface area contributed by atoms with E-state index in [9.17, 15) is 10.1 Å². The summed E-state index contributed by atoms with van der Waals surface area (Å²) in [5.74, 6) is 1.20. The topological polar surface area (TPSA) is 87.9 Å². The molecule has 1 aliphatic rings. The summed E-state index contributed by atoms with van der Waals surface area (Å²) in [5.41, 5.74) is 3.58. The van der Waals surface area contributed by atoms with Crippen molar-refractivity contribution in [3.63, 3.8) is 0 Å². The molecule has 0 spiro atoms. The average molecular weight is 439 g/mol. The summed E-state index contributed by atoms with van der Waals surface area (Å²) >= 11 is 2.72. The molecule has 0 aliphatic heterocycles. The molecule has 2 aromatic heterocycles. The van der Waals surface area contributed by atoms with E-state index in [0.717, 1.165) is 46.5 Å². The van der Waals surface area contributed by atoms with Crippen LogP contribution in [0, 0.1) is 17.2 Å². The van der Waals surface area contributed by atoms with Crippen molar-refractivity contribution in [1.29, 1.82) is 5.26 Å². The Balaban J connectivity index is 1.49. The van der Waals surface area contributed by atoms with Crippen LogP contribution in [-0.2, 0) is 17.6 Å². The number of rotatable bonds is 5. The molecule has 1 aromatic carbocycles. The summed E-state index contributed by atoms with van der Waals surface area (Å²) in [5, 5.41) is 13.2. The molecule has 0 radical (unpaired) electrons. The lowest BCUT2D eigenvalue weighted by Crippen LogP contribution is -2.23. The number of amides is 1. The van der Waals surface area contributed by atoms with Crippen LogP contribution in [0.5, 0.6) is 5.75 Å². The number of aryl methyl sites for hydroxylation is 1. The van der Waals surface area contributed by atoms with Gasteiger partial charge in [0, 0.05) is 5.69 Å². The molecule has 154 valence electrons. The zero-order chi connectivity index (χ0) is 21.3. The van der Waals surface area contributed by atoms with Crippen LogP contribution >= 0.6 is 23.1 Å². The second kappa shape index (κ2) is 8.62. The van der Waals surface area contributed by atoms with Crippen molar-refractivity contribution in [2.24, 2.45) is 5.92 Å². The van der Waals surface area contributed by atoms with Gasteiger partial charge in [-0.2, -0.15) is 5.26 Å². The van der Waals surface area contributed by atoms with Crippen molar-refractivity contribution in [1.82, 2.24) is 9.97 Å². The highest BCUT2D eigenvalue weighted by Gasteiger charge is 2.23. The number of methoxy groups -OCH3 is 1.